The second-order valence-corrected chi connectivity index (χ2v) is 6.04. The molecule has 0 bridgehead atoms. The summed E-state index contributed by atoms with van der Waals surface area (Å²) in [7, 11) is 0. The van der Waals surface area contributed by atoms with E-state index in [-0.39, 0.29) is 12.5 Å². The van der Waals surface area contributed by atoms with Crippen molar-refractivity contribution < 1.29 is 13.9 Å². The molecule has 1 atom stereocenters. The second kappa shape index (κ2) is 8.29. The topological polar surface area (TPSA) is 77.2 Å². The van der Waals surface area contributed by atoms with Gasteiger partial charge in [-0.05, 0) is 54.3 Å². The summed E-state index contributed by atoms with van der Waals surface area (Å²) < 4.78 is 10.6. The molecule has 1 N–H and O–H groups in total. The van der Waals surface area contributed by atoms with Crippen LogP contribution in [0.5, 0.6) is 5.75 Å². The van der Waals surface area contributed by atoms with E-state index < -0.39 is 0 Å². The number of anilines is 1. The summed E-state index contributed by atoms with van der Waals surface area (Å²) in [6, 6.07) is 15.0. The van der Waals surface area contributed by atoms with Gasteiger partial charge >= 0.3 is 0 Å². The van der Waals surface area contributed by atoms with Gasteiger partial charge < -0.3 is 14.5 Å². The maximum Gasteiger partial charge on any atom is 0.262 e. The van der Waals surface area contributed by atoms with Gasteiger partial charge in [0.25, 0.3) is 5.91 Å². The molecule has 0 saturated carbocycles. The molecule has 0 aliphatic heterocycles. The molecule has 0 saturated heterocycles. The van der Waals surface area contributed by atoms with E-state index in [1.807, 2.05) is 24.3 Å². The van der Waals surface area contributed by atoms with Gasteiger partial charge in [-0.2, -0.15) is 0 Å². The van der Waals surface area contributed by atoms with Crippen LogP contribution in [0.2, 0.25) is 0 Å². The summed E-state index contributed by atoms with van der Waals surface area (Å²) in [6.45, 7) is 4.28. The van der Waals surface area contributed by atoms with Crippen molar-refractivity contribution in [2.45, 2.75) is 26.2 Å². The Morgan fingerprint density at radius 3 is 2.50 bits per heavy atom. The van der Waals surface area contributed by atoms with Crippen LogP contribution in [-0.2, 0) is 4.79 Å². The highest BCUT2D eigenvalue weighted by Crippen LogP contribution is 2.21. The van der Waals surface area contributed by atoms with Crippen LogP contribution in [0, 0.1) is 0 Å². The third kappa shape index (κ3) is 4.47. The Morgan fingerprint density at radius 2 is 1.88 bits per heavy atom. The van der Waals surface area contributed by atoms with Crippen LogP contribution in [0.4, 0.5) is 5.69 Å². The number of benzene rings is 2. The predicted molar refractivity (Wildman–Crippen MR) is 99.0 cm³/mol. The summed E-state index contributed by atoms with van der Waals surface area (Å²) in [5.41, 5.74) is 2.82. The number of hydrogen-bond acceptors (Lipinski definition) is 5. The molecule has 134 valence electrons. The van der Waals surface area contributed by atoms with E-state index in [0.717, 1.165) is 17.7 Å². The van der Waals surface area contributed by atoms with E-state index in [9.17, 15) is 4.79 Å². The lowest BCUT2D eigenvalue weighted by atomic mass is 9.99. The molecular weight excluding hydrogens is 330 g/mol. The summed E-state index contributed by atoms with van der Waals surface area (Å²) in [5, 5.41) is 10.3. The number of nitrogens with zero attached hydrogens (tertiary/aromatic N) is 2. The molecule has 1 aromatic heterocycles. The molecule has 6 heteroatoms. The molecule has 1 heterocycles. The Bertz CT molecular complexity index is 828. The number of hydrogen-bond donors (Lipinski definition) is 1. The van der Waals surface area contributed by atoms with Crippen molar-refractivity contribution in [2.75, 3.05) is 11.9 Å². The summed E-state index contributed by atoms with van der Waals surface area (Å²) >= 11 is 0. The van der Waals surface area contributed by atoms with Gasteiger partial charge in [0.05, 0.1) is 0 Å². The minimum Gasteiger partial charge on any atom is -0.484 e. The number of nitrogens with one attached hydrogen (secondary N) is 1. The molecule has 3 aromatic rings. The van der Waals surface area contributed by atoms with Gasteiger partial charge in [0, 0.05) is 11.3 Å². The van der Waals surface area contributed by atoms with Crippen LogP contribution in [0.15, 0.2) is 59.3 Å². The van der Waals surface area contributed by atoms with Crippen LogP contribution in [0.1, 0.15) is 31.7 Å². The van der Waals surface area contributed by atoms with Crippen molar-refractivity contribution >= 4 is 11.6 Å². The Kier molecular flexibility index (Phi) is 5.63. The van der Waals surface area contributed by atoms with Crippen LogP contribution < -0.4 is 10.1 Å². The fourth-order valence-corrected chi connectivity index (χ4v) is 2.47. The highest BCUT2D eigenvalue weighted by molar-refractivity contribution is 5.91. The monoisotopic (exact) mass is 351 g/mol. The van der Waals surface area contributed by atoms with Gasteiger partial charge in [-0.15, -0.1) is 10.2 Å². The Balaban J connectivity index is 1.51. The lowest BCUT2D eigenvalue weighted by molar-refractivity contribution is -0.118. The molecule has 0 spiro atoms. The third-order valence-corrected chi connectivity index (χ3v) is 4.21. The number of carbonyl (C=O) groups excluding carboxylic acids is 1. The maximum atomic E-state index is 12.0. The van der Waals surface area contributed by atoms with E-state index in [1.165, 1.54) is 12.0 Å². The van der Waals surface area contributed by atoms with E-state index in [2.05, 4.69) is 29.4 Å². The van der Waals surface area contributed by atoms with Crippen molar-refractivity contribution in [2.24, 2.45) is 0 Å². The summed E-state index contributed by atoms with van der Waals surface area (Å²) in [5.74, 6) is 1.34. The van der Waals surface area contributed by atoms with Crippen molar-refractivity contribution in [1.29, 1.82) is 0 Å². The molecule has 3 rings (SSSR count). The first kappa shape index (κ1) is 17.7. The van der Waals surface area contributed by atoms with Crippen molar-refractivity contribution in [3.63, 3.8) is 0 Å². The number of amides is 1. The van der Waals surface area contributed by atoms with Crippen LogP contribution in [-0.4, -0.2) is 22.7 Å². The quantitative estimate of drug-likeness (QED) is 0.688. The lowest BCUT2D eigenvalue weighted by Crippen LogP contribution is -2.20. The molecule has 0 aliphatic rings. The zero-order valence-corrected chi connectivity index (χ0v) is 14.8. The predicted octanol–water partition coefficient (Wildman–Crippen LogP) is 4.27. The van der Waals surface area contributed by atoms with E-state index in [0.29, 0.717) is 17.6 Å². The molecule has 26 heavy (non-hydrogen) atoms. The first-order valence-electron chi connectivity index (χ1n) is 8.55. The Hall–Kier alpha value is -3.15. The minimum atomic E-state index is -0.206. The van der Waals surface area contributed by atoms with Gasteiger partial charge in [-0.25, -0.2) is 0 Å². The van der Waals surface area contributed by atoms with Gasteiger partial charge in [0.2, 0.25) is 12.3 Å². The maximum absolute atomic E-state index is 12.0. The second-order valence-electron chi connectivity index (χ2n) is 6.04. The molecule has 6 nitrogen and oxygen atoms in total. The molecular formula is C20H21N3O3. The largest absolute Gasteiger partial charge is 0.484 e. The van der Waals surface area contributed by atoms with Gasteiger partial charge in [0.15, 0.2) is 6.61 Å². The van der Waals surface area contributed by atoms with Crippen LogP contribution in [0.3, 0.4) is 0 Å². The fourth-order valence-electron chi connectivity index (χ4n) is 2.47. The molecule has 0 aliphatic carbocycles. The lowest BCUT2D eigenvalue weighted by Gasteiger charge is -2.11. The SMILES string of the molecule is CC[C@H](C)c1ccc(NC(=O)COc2ccc(-c3nnco3)cc2)cc1. The van der Waals surface area contributed by atoms with E-state index >= 15 is 0 Å². The normalized spacial score (nSPS) is 11.8. The average Bonchev–Trinajstić information content (AvgIpc) is 3.21. The molecule has 2 aromatic carbocycles. The first-order valence-corrected chi connectivity index (χ1v) is 8.55. The Labute approximate surface area is 152 Å². The van der Waals surface area contributed by atoms with Crippen LogP contribution >= 0.6 is 0 Å². The zero-order valence-electron chi connectivity index (χ0n) is 14.8. The smallest absolute Gasteiger partial charge is 0.262 e. The first-order chi connectivity index (χ1) is 12.7. The van der Waals surface area contributed by atoms with Crippen molar-refractivity contribution in [3.8, 4) is 17.2 Å². The highest BCUT2D eigenvalue weighted by Gasteiger charge is 2.07. The van der Waals surface area contributed by atoms with Crippen molar-refractivity contribution in [3.05, 3.63) is 60.5 Å². The third-order valence-electron chi connectivity index (χ3n) is 4.21. The van der Waals surface area contributed by atoms with Crippen molar-refractivity contribution in [1.82, 2.24) is 10.2 Å². The average molecular weight is 351 g/mol. The fraction of sp³-hybridized carbons (Fsp3) is 0.250. The molecule has 0 radical (unpaired) electrons. The zero-order chi connectivity index (χ0) is 18.4. The number of carbonyl (C=O) groups is 1. The summed E-state index contributed by atoms with van der Waals surface area (Å²) in [4.78, 5) is 12.0. The summed E-state index contributed by atoms with van der Waals surface area (Å²) in [6.07, 6.45) is 2.37. The van der Waals surface area contributed by atoms with E-state index in [1.54, 1.807) is 24.3 Å². The minimum absolute atomic E-state index is 0.0625. The number of ether oxygens (including phenoxy) is 1. The Morgan fingerprint density at radius 1 is 1.15 bits per heavy atom. The molecule has 0 fully saturated rings. The molecule has 0 unspecified atom stereocenters. The van der Waals surface area contributed by atoms with Gasteiger partial charge in [0.1, 0.15) is 5.75 Å². The van der Waals surface area contributed by atoms with Crippen LogP contribution in [0.25, 0.3) is 11.5 Å². The van der Waals surface area contributed by atoms with Gasteiger partial charge in [-0.3, -0.25) is 4.79 Å². The highest BCUT2D eigenvalue weighted by atomic mass is 16.5. The van der Waals surface area contributed by atoms with E-state index in [4.69, 9.17) is 9.15 Å². The standard InChI is InChI=1S/C20H21N3O3/c1-3-14(2)15-4-8-17(9-5-15)22-19(24)12-25-18-10-6-16(7-11-18)20-23-21-13-26-20/h4-11,13-14H,3,12H2,1-2H3,(H,22,24)/t14-/m0/s1. The van der Waals surface area contributed by atoms with Gasteiger partial charge in [-0.1, -0.05) is 26.0 Å². The number of rotatable bonds is 7. The molecule has 1 amide bonds. The number of aromatic nitrogens is 2.